The third-order valence-electron chi connectivity index (χ3n) is 6.79. The maximum atomic E-state index is 15.1. The topological polar surface area (TPSA) is 66.0 Å². The van der Waals surface area contributed by atoms with E-state index >= 15 is 4.39 Å². The molecule has 0 bridgehead atoms. The first kappa shape index (κ1) is 25.6. The van der Waals surface area contributed by atoms with Crippen molar-refractivity contribution in [3.63, 3.8) is 0 Å². The number of amides is 2. The number of urea groups is 1. The van der Waals surface area contributed by atoms with Crippen molar-refractivity contribution in [1.82, 2.24) is 4.90 Å². The van der Waals surface area contributed by atoms with E-state index in [1.165, 1.54) is 24.6 Å². The summed E-state index contributed by atoms with van der Waals surface area (Å²) in [7, 11) is 0. The summed E-state index contributed by atoms with van der Waals surface area (Å²) >= 11 is 0. The third-order valence-corrected chi connectivity index (χ3v) is 6.79. The summed E-state index contributed by atoms with van der Waals surface area (Å²) in [5, 5.41) is 5.52. The average molecular weight is 527 g/mol. The molecule has 0 unspecified atom stereocenters. The minimum absolute atomic E-state index is 0.0794. The predicted molar refractivity (Wildman–Crippen MR) is 136 cm³/mol. The van der Waals surface area contributed by atoms with Crippen LogP contribution in [0.4, 0.5) is 33.7 Å². The van der Waals surface area contributed by atoms with Crippen molar-refractivity contribution in [3.05, 3.63) is 95.3 Å². The molecule has 0 saturated carbocycles. The van der Waals surface area contributed by atoms with Crippen molar-refractivity contribution < 1.29 is 27.1 Å². The molecule has 2 N–H and O–H groups in total. The first-order valence-electron chi connectivity index (χ1n) is 12.2. The second kappa shape index (κ2) is 10.00. The van der Waals surface area contributed by atoms with Crippen LogP contribution in [0.3, 0.4) is 0 Å². The van der Waals surface area contributed by atoms with Crippen LogP contribution >= 0.6 is 0 Å². The molecule has 6 nitrogen and oxygen atoms in total. The highest BCUT2D eigenvalue weighted by molar-refractivity contribution is 5.91. The SMILES string of the molecule is C[C@@]1(c2cc(NC(=O)N3CCc4ccccc4C3)ccc2F)C[C@@H](C(F)(F)F)OC(Nc2ccccc2)=N1. The minimum atomic E-state index is -4.70. The Morgan fingerprint density at radius 1 is 1.03 bits per heavy atom. The highest BCUT2D eigenvalue weighted by atomic mass is 19.4. The van der Waals surface area contributed by atoms with Crippen LogP contribution < -0.4 is 10.6 Å². The van der Waals surface area contributed by atoms with Crippen LogP contribution in [0.25, 0.3) is 0 Å². The predicted octanol–water partition coefficient (Wildman–Crippen LogP) is 6.45. The van der Waals surface area contributed by atoms with Gasteiger partial charge in [0, 0.05) is 36.4 Å². The van der Waals surface area contributed by atoms with Crippen LogP contribution in [0.15, 0.2) is 77.8 Å². The van der Waals surface area contributed by atoms with Crippen LogP contribution in [-0.2, 0) is 23.2 Å². The Hall–Kier alpha value is -4.08. The number of anilines is 2. The van der Waals surface area contributed by atoms with Crippen LogP contribution in [0, 0.1) is 5.82 Å². The minimum Gasteiger partial charge on any atom is -0.452 e. The number of benzene rings is 3. The van der Waals surface area contributed by atoms with Gasteiger partial charge in [0.1, 0.15) is 5.82 Å². The number of hydrogen-bond acceptors (Lipinski definition) is 4. The number of carbonyl (C=O) groups excluding carboxylic acids is 1. The van der Waals surface area contributed by atoms with Crippen molar-refractivity contribution in [2.45, 2.75) is 44.1 Å². The van der Waals surface area contributed by atoms with E-state index < -0.39 is 30.1 Å². The molecule has 2 aliphatic rings. The Balaban J connectivity index is 1.41. The Morgan fingerprint density at radius 2 is 1.74 bits per heavy atom. The van der Waals surface area contributed by atoms with E-state index in [4.69, 9.17) is 4.74 Å². The van der Waals surface area contributed by atoms with Gasteiger partial charge in [0.2, 0.25) is 0 Å². The molecule has 2 amide bonds. The Morgan fingerprint density at radius 3 is 2.47 bits per heavy atom. The molecule has 3 aromatic carbocycles. The number of carbonyl (C=O) groups is 1. The molecule has 198 valence electrons. The van der Waals surface area contributed by atoms with Gasteiger partial charge in [0.25, 0.3) is 6.02 Å². The molecule has 2 heterocycles. The zero-order valence-corrected chi connectivity index (χ0v) is 20.6. The molecule has 2 aliphatic heterocycles. The van der Waals surface area contributed by atoms with Crippen LogP contribution in [-0.4, -0.2) is 35.8 Å². The van der Waals surface area contributed by atoms with Crippen molar-refractivity contribution in [2.75, 3.05) is 17.2 Å². The van der Waals surface area contributed by atoms with Gasteiger partial charge in [-0.1, -0.05) is 42.5 Å². The van der Waals surface area contributed by atoms with Crippen molar-refractivity contribution in [1.29, 1.82) is 0 Å². The number of ether oxygens (including phenoxy) is 1. The molecule has 0 fully saturated rings. The van der Waals surface area contributed by atoms with Crippen molar-refractivity contribution in [2.24, 2.45) is 4.99 Å². The normalized spacial score (nSPS) is 21.1. The van der Waals surface area contributed by atoms with Crippen LogP contribution in [0.5, 0.6) is 0 Å². The summed E-state index contributed by atoms with van der Waals surface area (Å²) in [6.45, 7) is 2.36. The number of hydrogen-bond donors (Lipinski definition) is 2. The molecule has 0 aliphatic carbocycles. The van der Waals surface area contributed by atoms with E-state index in [9.17, 15) is 18.0 Å². The molecular weight excluding hydrogens is 500 g/mol. The summed E-state index contributed by atoms with van der Waals surface area (Å²) in [6, 6.07) is 19.4. The van der Waals surface area contributed by atoms with E-state index in [1.54, 1.807) is 35.2 Å². The molecule has 38 heavy (non-hydrogen) atoms. The Labute approximate surface area is 217 Å². The standard InChI is InChI=1S/C28H26F4N4O2/c1-27(16-24(28(30,31)32)38-25(35-27)33-20-9-3-2-4-10-20)22-15-21(11-12-23(22)29)34-26(37)36-14-13-18-7-5-6-8-19(18)17-36/h2-12,15,24H,13-14,16-17H2,1H3,(H,33,35)(H,34,37)/t24-,27-/m0/s1. The van der Waals surface area contributed by atoms with Crippen molar-refractivity contribution >= 4 is 23.4 Å². The third kappa shape index (κ3) is 5.44. The molecule has 5 rings (SSSR count). The summed E-state index contributed by atoms with van der Waals surface area (Å²) in [5.74, 6) is -0.733. The fraction of sp³-hybridized carbons (Fsp3) is 0.286. The van der Waals surface area contributed by atoms with E-state index in [0.29, 0.717) is 25.2 Å². The van der Waals surface area contributed by atoms with Crippen LogP contribution in [0.2, 0.25) is 0 Å². The Bertz CT molecular complexity index is 1360. The molecule has 0 spiro atoms. The number of amidine groups is 1. The number of nitrogens with one attached hydrogen (secondary N) is 2. The van der Waals surface area contributed by atoms with Gasteiger partial charge in [0.05, 0.1) is 5.54 Å². The van der Waals surface area contributed by atoms with Gasteiger partial charge in [-0.2, -0.15) is 13.2 Å². The second-order valence-electron chi connectivity index (χ2n) is 9.60. The maximum Gasteiger partial charge on any atom is 0.425 e. The van der Waals surface area contributed by atoms with Gasteiger partial charge in [-0.05, 0) is 54.8 Å². The lowest BCUT2D eigenvalue weighted by Gasteiger charge is -2.37. The Kier molecular flexibility index (Phi) is 6.73. The molecule has 2 atom stereocenters. The summed E-state index contributed by atoms with van der Waals surface area (Å²) in [4.78, 5) is 19.0. The van der Waals surface area contributed by atoms with E-state index in [1.807, 2.05) is 24.3 Å². The van der Waals surface area contributed by atoms with Gasteiger partial charge >= 0.3 is 12.2 Å². The highest BCUT2D eigenvalue weighted by Gasteiger charge is 2.50. The van der Waals surface area contributed by atoms with Gasteiger partial charge in [-0.15, -0.1) is 0 Å². The summed E-state index contributed by atoms with van der Waals surface area (Å²) < 4.78 is 61.7. The van der Waals surface area contributed by atoms with Gasteiger partial charge in [0.15, 0.2) is 6.10 Å². The first-order chi connectivity index (χ1) is 18.1. The lowest BCUT2D eigenvalue weighted by atomic mass is 9.85. The molecule has 0 aromatic heterocycles. The number of aliphatic imine (C=N–C) groups is 1. The first-order valence-corrected chi connectivity index (χ1v) is 12.2. The van der Waals surface area contributed by atoms with Gasteiger partial charge in [-0.25, -0.2) is 14.2 Å². The van der Waals surface area contributed by atoms with Gasteiger partial charge in [-0.3, -0.25) is 0 Å². The number of fused-ring (bicyclic) bond motifs is 1. The van der Waals surface area contributed by atoms with E-state index in [2.05, 4.69) is 15.6 Å². The molecule has 0 radical (unpaired) electrons. The number of rotatable bonds is 3. The average Bonchev–Trinajstić information content (AvgIpc) is 2.89. The quantitative estimate of drug-likeness (QED) is 0.386. The fourth-order valence-electron chi connectivity index (χ4n) is 4.78. The summed E-state index contributed by atoms with van der Waals surface area (Å²) in [5.41, 5.74) is 1.27. The number of nitrogens with zero attached hydrogens (tertiary/aromatic N) is 2. The lowest BCUT2D eigenvalue weighted by molar-refractivity contribution is -0.207. The second-order valence-corrected chi connectivity index (χ2v) is 9.60. The van der Waals surface area contributed by atoms with Gasteiger partial charge < -0.3 is 20.3 Å². The molecular formula is C28H26F4N4O2. The van der Waals surface area contributed by atoms with E-state index in [-0.39, 0.29) is 23.3 Å². The lowest BCUT2D eigenvalue weighted by Crippen LogP contribution is -2.45. The zero-order chi connectivity index (χ0) is 26.9. The van der Waals surface area contributed by atoms with Crippen LogP contribution in [0.1, 0.15) is 30.0 Å². The smallest absolute Gasteiger partial charge is 0.425 e. The monoisotopic (exact) mass is 526 g/mol. The zero-order valence-electron chi connectivity index (χ0n) is 20.6. The maximum absolute atomic E-state index is 15.1. The molecule has 3 aromatic rings. The highest BCUT2D eigenvalue weighted by Crippen LogP contribution is 2.42. The fourth-order valence-corrected chi connectivity index (χ4v) is 4.78. The van der Waals surface area contributed by atoms with Crippen molar-refractivity contribution in [3.8, 4) is 0 Å². The summed E-state index contributed by atoms with van der Waals surface area (Å²) in [6.07, 6.45) is -6.83. The number of para-hydroxylation sites is 1. The van der Waals surface area contributed by atoms with E-state index in [0.717, 1.165) is 11.6 Å². The number of alkyl halides is 3. The molecule has 10 heteroatoms. The largest absolute Gasteiger partial charge is 0.452 e. The molecule has 0 saturated heterocycles. The number of halogens is 4.